The van der Waals surface area contributed by atoms with Gasteiger partial charge in [0.2, 0.25) is 0 Å². The van der Waals surface area contributed by atoms with Gasteiger partial charge in [-0.1, -0.05) is 35.3 Å². The third-order valence-electron chi connectivity index (χ3n) is 8.22. The maximum atomic E-state index is 9.91. The summed E-state index contributed by atoms with van der Waals surface area (Å²) in [5, 5.41) is 21.0. The van der Waals surface area contributed by atoms with Crippen molar-refractivity contribution in [2.75, 3.05) is 23.7 Å². The first-order valence-electron chi connectivity index (χ1n) is 14.7. The second-order valence-corrected chi connectivity index (χ2v) is 13.0. The number of nitrogens with zero attached hydrogens (tertiary/aromatic N) is 5. The van der Waals surface area contributed by atoms with Gasteiger partial charge in [0.05, 0.1) is 45.4 Å². The Morgan fingerprint density at radius 1 is 1.05 bits per heavy atom. The van der Waals surface area contributed by atoms with Gasteiger partial charge in [0, 0.05) is 59.4 Å². The van der Waals surface area contributed by atoms with Gasteiger partial charge >= 0.3 is 0 Å². The zero-order valence-corrected chi connectivity index (χ0v) is 26.4. The van der Waals surface area contributed by atoms with Crippen LogP contribution in [0.1, 0.15) is 50.8 Å². The first-order valence-corrected chi connectivity index (χ1v) is 15.4. The van der Waals surface area contributed by atoms with E-state index >= 15 is 0 Å². The number of nitriles is 1. The Morgan fingerprint density at radius 3 is 2.50 bits per heavy atom. The molecule has 4 aromatic rings. The standard InChI is InChI=1S/C33H35Cl2N9/c1-33(2,3)43-13-10-26(11-14-43)44-20-29(41-42-44)31(21-6-8-23(34)9-7-21)40-25-15-27-30(39-24-5-4-12-37-19-24)22(17-36)18-38-32(27)28(35)16-25/h4-9,12,15-16,18-20,26,31,40-42H,10-11,13-14H2,1-3H3,(H,38,39)/t31-/m0/s1. The number of pyridine rings is 2. The predicted octanol–water partition coefficient (Wildman–Crippen LogP) is 7.13. The van der Waals surface area contributed by atoms with Crippen molar-refractivity contribution in [1.29, 1.82) is 5.26 Å². The van der Waals surface area contributed by atoms with Crippen LogP contribution in [0.4, 0.5) is 17.1 Å². The highest BCUT2D eigenvalue weighted by molar-refractivity contribution is 6.36. The minimum atomic E-state index is -0.255. The van der Waals surface area contributed by atoms with E-state index in [2.05, 4.69) is 74.5 Å². The van der Waals surface area contributed by atoms with Crippen LogP contribution in [-0.4, -0.2) is 44.5 Å². The molecule has 226 valence electrons. The summed E-state index contributed by atoms with van der Waals surface area (Å²) in [6.07, 6.45) is 9.23. The Kier molecular flexibility index (Phi) is 8.52. The Balaban J connectivity index is 1.33. The Labute approximate surface area is 267 Å². The van der Waals surface area contributed by atoms with E-state index in [0.717, 1.165) is 54.0 Å². The van der Waals surface area contributed by atoms with Crippen molar-refractivity contribution in [1.82, 2.24) is 30.8 Å². The molecule has 0 unspecified atom stereocenters. The molecule has 0 aliphatic carbocycles. The number of aromatic nitrogens is 2. The average molecular weight is 629 g/mol. The second-order valence-electron chi connectivity index (χ2n) is 12.1. The molecule has 2 aromatic carbocycles. The number of anilines is 3. The van der Waals surface area contributed by atoms with E-state index in [4.69, 9.17) is 23.2 Å². The maximum absolute atomic E-state index is 9.91. The van der Waals surface area contributed by atoms with Crippen LogP contribution >= 0.6 is 23.2 Å². The highest BCUT2D eigenvalue weighted by Crippen LogP contribution is 2.37. The van der Waals surface area contributed by atoms with Crippen LogP contribution in [0, 0.1) is 11.3 Å². The summed E-state index contributed by atoms with van der Waals surface area (Å²) in [4.78, 5) is 11.2. The lowest BCUT2D eigenvalue weighted by atomic mass is 9.98. The first kappa shape index (κ1) is 30.0. The average Bonchev–Trinajstić information content (AvgIpc) is 3.51. The number of nitrogens with one attached hydrogen (secondary N) is 4. The second kappa shape index (κ2) is 12.5. The third kappa shape index (κ3) is 6.40. The van der Waals surface area contributed by atoms with E-state index in [-0.39, 0.29) is 11.6 Å². The summed E-state index contributed by atoms with van der Waals surface area (Å²) in [6, 6.07) is 17.7. The molecule has 0 amide bonds. The smallest absolute Gasteiger partial charge is 0.103 e. The van der Waals surface area contributed by atoms with Crippen molar-refractivity contribution in [3.8, 4) is 6.07 Å². The lowest BCUT2D eigenvalue weighted by Crippen LogP contribution is -2.52. The van der Waals surface area contributed by atoms with Gasteiger partial charge in [0.15, 0.2) is 0 Å². The molecule has 0 bridgehead atoms. The number of fused-ring (bicyclic) bond motifs is 1. The highest BCUT2D eigenvalue weighted by Gasteiger charge is 2.32. The van der Waals surface area contributed by atoms with Gasteiger partial charge in [-0.2, -0.15) is 5.26 Å². The van der Waals surface area contributed by atoms with Gasteiger partial charge in [-0.15, -0.1) is 5.53 Å². The molecule has 0 radical (unpaired) electrons. The summed E-state index contributed by atoms with van der Waals surface area (Å²) < 4.78 is 0. The van der Waals surface area contributed by atoms with Crippen molar-refractivity contribution < 1.29 is 0 Å². The fraction of sp³-hybridized carbons (Fsp3) is 0.303. The van der Waals surface area contributed by atoms with Crippen LogP contribution in [0.5, 0.6) is 0 Å². The fourth-order valence-corrected chi connectivity index (χ4v) is 6.20. The van der Waals surface area contributed by atoms with Crippen molar-refractivity contribution in [2.45, 2.75) is 51.2 Å². The van der Waals surface area contributed by atoms with E-state index < -0.39 is 0 Å². The molecule has 2 aliphatic rings. The SMILES string of the molecule is CC(C)(C)N1CCC(N2C=C([C@@H](Nc3cc(Cl)c4ncc(C#N)c(Nc5cccnc5)c4c3)c3ccc(Cl)cc3)NN2)CC1. The summed E-state index contributed by atoms with van der Waals surface area (Å²) in [5.41, 5.74) is 12.1. The molecular weight excluding hydrogens is 593 g/mol. The molecule has 2 aliphatic heterocycles. The molecule has 0 spiro atoms. The Hall–Kier alpha value is -4.07. The fourth-order valence-electron chi connectivity index (χ4n) is 5.81. The largest absolute Gasteiger partial charge is 0.373 e. The van der Waals surface area contributed by atoms with Gasteiger partial charge in [-0.25, -0.2) is 0 Å². The molecule has 9 nitrogen and oxygen atoms in total. The number of hydrogen-bond acceptors (Lipinski definition) is 9. The zero-order chi connectivity index (χ0) is 30.8. The molecule has 2 aromatic heterocycles. The summed E-state index contributed by atoms with van der Waals surface area (Å²) >= 11 is 13.1. The van der Waals surface area contributed by atoms with Crippen LogP contribution in [-0.2, 0) is 0 Å². The number of hydrazine groups is 2. The number of rotatable bonds is 7. The number of likely N-dealkylation sites (tertiary alicyclic amines) is 1. The van der Waals surface area contributed by atoms with Gasteiger partial charge in [-0.3, -0.25) is 19.9 Å². The molecule has 11 heteroatoms. The predicted molar refractivity (Wildman–Crippen MR) is 177 cm³/mol. The lowest BCUT2D eigenvalue weighted by molar-refractivity contribution is 0.0570. The summed E-state index contributed by atoms with van der Waals surface area (Å²) in [5.74, 6) is 0. The number of benzene rings is 2. The molecule has 4 heterocycles. The first-order chi connectivity index (χ1) is 21.2. The van der Waals surface area contributed by atoms with Crippen molar-refractivity contribution in [3.63, 3.8) is 0 Å². The van der Waals surface area contributed by atoms with E-state index in [1.807, 2.05) is 48.5 Å². The van der Waals surface area contributed by atoms with Gasteiger partial charge in [0.1, 0.15) is 6.07 Å². The molecule has 44 heavy (non-hydrogen) atoms. The van der Waals surface area contributed by atoms with E-state index in [1.54, 1.807) is 12.4 Å². The number of hydrogen-bond donors (Lipinski definition) is 4. The Bertz CT molecular complexity index is 1700. The van der Waals surface area contributed by atoms with Gasteiger partial charge in [0.25, 0.3) is 0 Å². The minimum absolute atomic E-state index is 0.171. The van der Waals surface area contributed by atoms with Crippen LogP contribution < -0.4 is 21.6 Å². The molecule has 1 saturated heterocycles. The van der Waals surface area contributed by atoms with Crippen LogP contribution in [0.25, 0.3) is 10.9 Å². The monoisotopic (exact) mass is 627 g/mol. The van der Waals surface area contributed by atoms with Crippen molar-refractivity contribution in [3.05, 3.63) is 100 Å². The van der Waals surface area contributed by atoms with Gasteiger partial charge < -0.3 is 16.1 Å². The van der Waals surface area contributed by atoms with Crippen molar-refractivity contribution in [2.24, 2.45) is 0 Å². The third-order valence-corrected chi connectivity index (χ3v) is 8.76. The molecular formula is C33H35Cl2N9. The van der Waals surface area contributed by atoms with Crippen LogP contribution in [0.3, 0.4) is 0 Å². The normalized spacial score (nSPS) is 16.7. The molecule has 0 saturated carbocycles. The van der Waals surface area contributed by atoms with E-state index in [0.29, 0.717) is 32.9 Å². The van der Waals surface area contributed by atoms with E-state index in [1.165, 1.54) is 6.20 Å². The Morgan fingerprint density at radius 2 is 1.82 bits per heavy atom. The quantitative estimate of drug-likeness (QED) is 0.170. The maximum Gasteiger partial charge on any atom is 0.103 e. The lowest BCUT2D eigenvalue weighted by Gasteiger charge is -2.42. The van der Waals surface area contributed by atoms with Crippen LogP contribution in [0.15, 0.2) is 79.0 Å². The van der Waals surface area contributed by atoms with Gasteiger partial charge in [-0.05, 0) is 75.6 Å². The molecule has 4 N–H and O–H groups in total. The highest BCUT2D eigenvalue weighted by atomic mass is 35.5. The minimum Gasteiger partial charge on any atom is -0.373 e. The molecule has 1 atom stereocenters. The summed E-state index contributed by atoms with van der Waals surface area (Å²) in [6.45, 7) is 8.93. The van der Waals surface area contributed by atoms with Crippen molar-refractivity contribution >= 4 is 51.2 Å². The summed E-state index contributed by atoms with van der Waals surface area (Å²) in [7, 11) is 0. The number of halogens is 2. The zero-order valence-electron chi connectivity index (χ0n) is 24.9. The van der Waals surface area contributed by atoms with Crippen LogP contribution in [0.2, 0.25) is 10.0 Å². The number of piperidine rings is 1. The molecule has 6 rings (SSSR count). The van der Waals surface area contributed by atoms with E-state index in [9.17, 15) is 5.26 Å². The topological polar surface area (TPSA) is 104 Å². The molecule has 1 fully saturated rings.